The molecular weight excluding hydrogens is 419 g/mol. The van der Waals surface area contributed by atoms with Crippen LogP contribution in [0.5, 0.6) is 5.75 Å². The zero-order valence-electron chi connectivity index (χ0n) is 16.6. The lowest BCUT2D eigenvalue weighted by atomic mass is 10.1. The number of hydrogen-bond donors (Lipinski definition) is 3. The molecule has 0 spiro atoms. The maximum atomic E-state index is 12.7. The first kappa shape index (κ1) is 23.9. The van der Waals surface area contributed by atoms with E-state index < -0.39 is 34.4 Å². The lowest BCUT2D eigenvalue weighted by Crippen LogP contribution is -2.35. The molecule has 0 aliphatic carbocycles. The van der Waals surface area contributed by atoms with Crippen molar-refractivity contribution >= 4 is 17.3 Å². The van der Waals surface area contributed by atoms with E-state index in [-0.39, 0.29) is 31.8 Å². The average Bonchev–Trinajstić information content (AvgIpc) is 2.70. The third kappa shape index (κ3) is 7.78. The first-order chi connectivity index (χ1) is 14.6. The Balaban J connectivity index is 1.77. The SMILES string of the molecule is Cc1cccc(OCC(O)CNC(=O)CCNc2ccc(C(F)(F)F)cc2[N+](=O)[O-])c1. The highest BCUT2D eigenvalue weighted by Crippen LogP contribution is 2.34. The highest BCUT2D eigenvalue weighted by atomic mass is 19.4. The Morgan fingerprint density at radius 1 is 1.26 bits per heavy atom. The number of aryl methyl sites for hydroxylation is 1. The standard InChI is InChI=1S/C20H22F3N3O5/c1-13-3-2-4-16(9-13)31-12-15(27)11-25-19(28)7-8-24-17-6-5-14(20(21,22)23)10-18(17)26(29)30/h2-6,9-10,15,24,27H,7-8,11-12H2,1H3,(H,25,28). The molecule has 2 rings (SSSR count). The van der Waals surface area contributed by atoms with Crippen molar-refractivity contribution in [1.29, 1.82) is 0 Å². The van der Waals surface area contributed by atoms with E-state index in [9.17, 15) is 33.2 Å². The van der Waals surface area contributed by atoms with Gasteiger partial charge in [0.2, 0.25) is 5.91 Å². The number of amides is 1. The molecule has 0 aromatic heterocycles. The van der Waals surface area contributed by atoms with Crippen LogP contribution in [0.1, 0.15) is 17.5 Å². The van der Waals surface area contributed by atoms with Crippen LogP contribution in [-0.4, -0.2) is 41.7 Å². The Morgan fingerprint density at radius 3 is 2.65 bits per heavy atom. The van der Waals surface area contributed by atoms with E-state index in [1.54, 1.807) is 12.1 Å². The molecule has 31 heavy (non-hydrogen) atoms. The molecule has 1 unspecified atom stereocenters. The molecule has 0 bridgehead atoms. The Hall–Kier alpha value is -3.34. The highest BCUT2D eigenvalue weighted by Gasteiger charge is 2.33. The zero-order valence-corrected chi connectivity index (χ0v) is 16.6. The second-order valence-electron chi connectivity index (χ2n) is 6.75. The molecule has 0 radical (unpaired) electrons. The molecule has 0 fully saturated rings. The number of nitrogens with one attached hydrogen (secondary N) is 2. The van der Waals surface area contributed by atoms with Crippen molar-refractivity contribution in [3.05, 3.63) is 63.7 Å². The number of carbonyl (C=O) groups excluding carboxylic acids is 1. The lowest BCUT2D eigenvalue weighted by molar-refractivity contribution is -0.384. The second kappa shape index (κ2) is 10.6. The van der Waals surface area contributed by atoms with Crippen molar-refractivity contribution in [3.63, 3.8) is 0 Å². The fourth-order valence-corrected chi connectivity index (χ4v) is 2.60. The van der Waals surface area contributed by atoms with Crippen LogP contribution >= 0.6 is 0 Å². The van der Waals surface area contributed by atoms with Gasteiger partial charge in [-0.15, -0.1) is 0 Å². The van der Waals surface area contributed by atoms with Gasteiger partial charge < -0.3 is 20.5 Å². The number of halogens is 3. The molecule has 0 saturated heterocycles. The van der Waals surface area contributed by atoms with E-state index >= 15 is 0 Å². The number of alkyl halides is 3. The predicted octanol–water partition coefficient (Wildman–Crippen LogP) is 3.28. The Labute approximate surface area is 176 Å². The van der Waals surface area contributed by atoms with E-state index in [2.05, 4.69) is 10.6 Å². The summed E-state index contributed by atoms with van der Waals surface area (Å²) in [4.78, 5) is 22.0. The summed E-state index contributed by atoms with van der Waals surface area (Å²) in [6.07, 6.45) is -5.76. The monoisotopic (exact) mass is 441 g/mol. The van der Waals surface area contributed by atoms with E-state index in [1.807, 2.05) is 19.1 Å². The van der Waals surface area contributed by atoms with Crippen molar-refractivity contribution < 1.29 is 32.7 Å². The van der Waals surface area contributed by atoms with Crippen LogP contribution in [0, 0.1) is 17.0 Å². The van der Waals surface area contributed by atoms with Crippen molar-refractivity contribution in [2.75, 3.05) is 25.0 Å². The van der Waals surface area contributed by atoms with Gasteiger partial charge in [-0.3, -0.25) is 14.9 Å². The fraction of sp³-hybridized carbons (Fsp3) is 0.350. The minimum Gasteiger partial charge on any atom is -0.491 e. The van der Waals surface area contributed by atoms with Gasteiger partial charge in [0, 0.05) is 25.6 Å². The van der Waals surface area contributed by atoms with Crippen LogP contribution in [0.2, 0.25) is 0 Å². The van der Waals surface area contributed by atoms with Crippen LogP contribution in [0.15, 0.2) is 42.5 Å². The number of nitro benzene ring substituents is 1. The quantitative estimate of drug-likeness (QED) is 0.385. The number of benzene rings is 2. The minimum atomic E-state index is -4.70. The first-order valence-electron chi connectivity index (χ1n) is 9.30. The summed E-state index contributed by atoms with van der Waals surface area (Å²) in [5.41, 5.74) is -0.998. The minimum absolute atomic E-state index is 0.0280. The van der Waals surface area contributed by atoms with E-state index in [0.29, 0.717) is 11.8 Å². The number of ether oxygens (including phenoxy) is 1. The van der Waals surface area contributed by atoms with E-state index in [0.717, 1.165) is 17.7 Å². The van der Waals surface area contributed by atoms with Crippen molar-refractivity contribution in [1.82, 2.24) is 5.32 Å². The number of nitrogens with zero attached hydrogens (tertiary/aromatic N) is 1. The van der Waals surface area contributed by atoms with Gasteiger partial charge in [-0.05, 0) is 36.8 Å². The molecule has 1 atom stereocenters. The number of nitro groups is 1. The number of rotatable bonds is 10. The Kier molecular flexibility index (Phi) is 8.20. The van der Waals surface area contributed by atoms with E-state index in [4.69, 9.17) is 4.74 Å². The third-order valence-electron chi connectivity index (χ3n) is 4.16. The smallest absolute Gasteiger partial charge is 0.416 e. The Bertz CT molecular complexity index is 921. The van der Waals surface area contributed by atoms with Crippen LogP contribution in [0.25, 0.3) is 0 Å². The highest BCUT2D eigenvalue weighted by molar-refractivity contribution is 5.76. The number of hydrogen-bond acceptors (Lipinski definition) is 6. The van der Waals surface area contributed by atoms with Gasteiger partial charge in [-0.1, -0.05) is 12.1 Å². The molecule has 0 aliphatic heterocycles. The molecule has 0 aliphatic rings. The van der Waals surface area contributed by atoms with Gasteiger partial charge in [-0.2, -0.15) is 13.2 Å². The maximum absolute atomic E-state index is 12.7. The van der Waals surface area contributed by atoms with Crippen LogP contribution < -0.4 is 15.4 Å². The van der Waals surface area contributed by atoms with Gasteiger partial charge in [0.1, 0.15) is 24.1 Å². The van der Waals surface area contributed by atoms with Gasteiger partial charge in [0.05, 0.1) is 10.5 Å². The lowest BCUT2D eigenvalue weighted by Gasteiger charge is -2.14. The van der Waals surface area contributed by atoms with Crippen molar-refractivity contribution in [3.8, 4) is 5.75 Å². The largest absolute Gasteiger partial charge is 0.491 e. The number of carbonyl (C=O) groups is 1. The van der Waals surface area contributed by atoms with Crippen LogP contribution in [0.4, 0.5) is 24.5 Å². The predicted molar refractivity (Wildman–Crippen MR) is 107 cm³/mol. The van der Waals surface area contributed by atoms with Gasteiger partial charge in [-0.25, -0.2) is 0 Å². The third-order valence-corrected chi connectivity index (χ3v) is 4.16. The van der Waals surface area contributed by atoms with Gasteiger partial charge in [0.25, 0.3) is 5.69 Å². The topological polar surface area (TPSA) is 114 Å². The molecule has 8 nitrogen and oxygen atoms in total. The molecule has 168 valence electrons. The normalized spacial score (nSPS) is 12.2. The number of aliphatic hydroxyl groups excluding tert-OH is 1. The summed E-state index contributed by atoms with van der Waals surface area (Å²) in [6, 6.07) is 9.36. The number of anilines is 1. The summed E-state index contributed by atoms with van der Waals surface area (Å²) in [5.74, 6) is 0.143. The summed E-state index contributed by atoms with van der Waals surface area (Å²) in [5, 5.41) is 26.0. The summed E-state index contributed by atoms with van der Waals surface area (Å²) < 4.78 is 43.6. The van der Waals surface area contributed by atoms with Crippen LogP contribution in [-0.2, 0) is 11.0 Å². The molecule has 0 saturated carbocycles. The Morgan fingerprint density at radius 2 is 2.00 bits per heavy atom. The summed E-state index contributed by atoms with van der Waals surface area (Å²) in [6.45, 7) is 1.76. The molecule has 3 N–H and O–H groups in total. The summed E-state index contributed by atoms with van der Waals surface area (Å²) in [7, 11) is 0. The molecule has 2 aromatic rings. The molecular formula is C20H22F3N3O5. The van der Waals surface area contributed by atoms with Crippen molar-refractivity contribution in [2.24, 2.45) is 0 Å². The molecule has 0 heterocycles. The van der Waals surface area contributed by atoms with Crippen LogP contribution in [0.3, 0.4) is 0 Å². The molecule has 2 aromatic carbocycles. The molecule has 1 amide bonds. The maximum Gasteiger partial charge on any atom is 0.416 e. The van der Waals surface area contributed by atoms with E-state index in [1.165, 1.54) is 0 Å². The second-order valence-corrected chi connectivity index (χ2v) is 6.75. The average molecular weight is 441 g/mol. The number of aliphatic hydroxyl groups is 1. The van der Waals surface area contributed by atoms with Gasteiger partial charge in [0.15, 0.2) is 0 Å². The first-order valence-corrected chi connectivity index (χ1v) is 9.30. The fourth-order valence-electron chi connectivity index (χ4n) is 2.60. The molecule has 11 heteroatoms. The summed E-state index contributed by atoms with van der Waals surface area (Å²) >= 11 is 0. The van der Waals surface area contributed by atoms with Crippen molar-refractivity contribution in [2.45, 2.75) is 25.6 Å². The van der Waals surface area contributed by atoms with Gasteiger partial charge >= 0.3 is 6.18 Å². The zero-order chi connectivity index (χ0) is 23.0.